The molecule has 0 aliphatic carbocycles. The lowest BCUT2D eigenvalue weighted by molar-refractivity contribution is 0.602. The lowest BCUT2D eigenvalue weighted by atomic mass is 10.2. The highest BCUT2D eigenvalue weighted by atomic mass is 32.2. The van der Waals surface area contributed by atoms with E-state index in [1.165, 1.54) is 23.7 Å². The fourth-order valence-electron chi connectivity index (χ4n) is 1.50. The molecule has 0 aliphatic rings. The van der Waals surface area contributed by atoms with Crippen LogP contribution in [0.4, 0.5) is 10.7 Å². The van der Waals surface area contributed by atoms with E-state index in [1.54, 1.807) is 19.1 Å². The van der Waals surface area contributed by atoms with Gasteiger partial charge in [0, 0.05) is 11.9 Å². The third-order valence-electron chi connectivity index (χ3n) is 2.51. The third-order valence-corrected chi connectivity index (χ3v) is 4.50. The molecule has 0 fully saturated rings. The van der Waals surface area contributed by atoms with Gasteiger partial charge in [-0.25, -0.2) is 8.42 Å². The molecule has 2 aromatic rings. The topological polar surface area (TPSA) is 82.8 Å². The lowest BCUT2D eigenvalue weighted by Crippen LogP contribution is -1.97. The van der Waals surface area contributed by atoms with Crippen molar-refractivity contribution in [1.29, 1.82) is 5.26 Å². The number of hydrogen-bond donors (Lipinski definition) is 1. The Balaban J connectivity index is 2.28. The zero-order valence-corrected chi connectivity index (χ0v) is 12.0. The molecule has 98 valence electrons. The average molecular weight is 293 g/mol. The molecule has 1 aromatic heterocycles. The van der Waals surface area contributed by atoms with Gasteiger partial charge in [-0.3, -0.25) is 0 Å². The minimum atomic E-state index is -3.19. The first-order chi connectivity index (χ1) is 8.91. The molecule has 0 aliphatic heterocycles. The van der Waals surface area contributed by atoms with E-state index in [2.05, 4.69) is 15.8 Å². The number of sulfone groups is 1. The van der Waals surface area contributed by atoms with E-state index in [1.807, 2.05) is 0 Å². The normalized spacial score (nSPS) is 11.0. The van der Waals surface area contributed by atoms with Gasteiger partial charge in [0.15, 0.2) is 9.84 Å². The van der Waals surface area contributed by atoms with E-state index in [-0.39, 0.29) is 4.90 Å². The summed E-state index contributed by atoms with van der Waals surface area (Å²) in [4.78, 5) is 0.263. The van der Waals surface area contributed by atoms with Crippen LogP contribution in [0.25, 0.3) is 0 Å². The Labute approximate surface area is 115 Å². The number of anilines is 2. The fourth-order valence-corrected chi connectivity index (χ4v) is 2.90. The molecular weight excluding hydrogens is 282 g/mol. The maximum atomic E-state index is 11.3. The van der Waals surface area contributed by atoms with Gasteiger partial charge in [0.1, 0.15) is 16.6 Å². The van der Waals surface area contributed by atoms with Crippen LogP contribution >= 0.6 is 11.5 Å². The summed E-state index contributed by atoms with van der Waals surface area (Å²) in [5.74, 6) is 0. The number of nitrogens with zero attached hydrogens (tertiary/aromatic N) is 2. The monoisotopic (exact) mass is 293 g/mol. The van der Waals surface area contributed by atoms with Crippen molar-refractivity contribution in [1.82, 2.24) is 4.37 Å². The van der Waals surface area contributed by atoms with Crippen molar-refractivity contribution in [2.75, 3.05) is 11.6 Å². The summed E-state index contributed by atoms with van der Waals surface area (Å²) in [6, 6.07) is 8.46. The molecule has 0 spiro atoms. The number of nitriles is 1. The Kier molecular flexibility index (Phi) is 3.55. The quantitative estimate of drug-likeness (QED) is 0.940. The number of benzene rings is 1. The molecule has 19 heavy (non-hydrogen) atoms. The highest BCUT2D eigenvalue weighted by Crippen LogP contribution is 2.27. The van der Waals surface area contributed by atoms with Gasteiger partial charge < -0.3 is 5.32 Å². The molecular formula is C12H11N3O2S2. The smallest absolute Gasteiger partial charge is 0.175 e. The first kappa shape index (κ1) is 13.5. The molecule has 0 unspecified atom stereocenters. The van der Waals surface area contributed by atoms with Gasteiger partial charge in [0.05, 0.1) is 10.6 Å². The van der Waals surface area contributed by atoms with Gasteiger partial charge in [-0.05, 0) is 42.7 Å². The molecule has 0 atom stereocenters. The van der Waals surface area contributed by atoms with Crippen molar-refractivity contribution >= 4 is 32.1 Å². The van der Waals surface area contributed by atoms with Gasteiger partial charge in [-0.2, -0.15) is 9.64 Å². The van der Waals surface area contributed by atoms with Gasteiger partial charge in [0.25, 0.3) is 0 Å². The number of aromatic nitrogens is 1. The Morgan fingerprint density at radius 2 is 1.95 bits per heavy atom. The molecule has 0 amide bonds. The van der Waals surface area contributed by atoms with Crippen molar-refractivity contribution in [3.05, 3.63) is 35.5 Å². The van der Waals surface area contributed by atoms with Crippen LogP contribution in [-0.2, 0) is 9.84 Å². The SMILES string of the molecule is Cc1nsc(Nc2ccc(S(C)(=O)=O)cc2)c1C#N. The van der Waals surface area contributed by atoms with Crippen LogP contribution in [0.3, 0.4) is 0 Å². The molecule has 0 saturated carbocycles. The second-order valence-electron chi connectivity index (χ2n) is 4.01. The van der Waals surface area contributed by atoms with Crippen molar-refractivity contribution in [2.24, 2.45) is 0 Å². The highest BCUT2D eigenvalue weighted by Gasteiger charge is 2.11. The Morgan fingerprint density at radius 1 is 1.32 bits per heavy atom. The van der Waals surface area contributed by atoms with Crippen molar-refractivity contribution < 1.29 is 8.42 Å². The molecule has 7 heteroatoms. The minimum absolute atomic E-state index is 0.263. The van der Waals surface area contributed by atoms with E-state index in [0.717, 1.165) is 6.26 Å². The Bertz CT molecular complexity index is 740. The van der Waals surface area contributed by atoms with E-state index >= 15 is 0 Å². The molecule has 1 heterocycles. The maximum absolute atomic E-state index is 11.3. The second kappa shape index (κ2) is 4.99. The Morgan fingerprint density at radius 3 is 2.47 bits per heavy atom. The third kappa shape index (κ3) is 2.92. The zero-order valence-electron chi connectivity index (χ0n) is 10.3. The predicted molar refractivity (Wildman–Crippen MR) is 74.4 cm³/mol. The van der Waals surface area contributed by atoms with Crippen molar-refractivity contribution in [3.8, 4) is 6.07 Å². The lowest BCUT2D eigenvalue weighted by Gasteiger charge is -2.04. The first-order valence-corrected chi connectivity index (χ1v) is 8.02. The zero-order chi connectivity index (χ0) is 14.0. The summed E-state index contributed by atoms with van der Waals surface area (Å²) in [6.07, 6.45) is 1.16. The largest absolute Gasteiger partial charge is 0.345 e. The molecule has 1 aromatic carbocycles. The number of nitrogens with one attached hydrogen (secondary N) is 1. The molecule has 2 rings (SSSR count). The van der Waals surface area contributed by atoms with E-state index in [0.29, 0.717) is 21.9 Å². The van der Waals surface area contributed by atoms with Crippen LogP contribution < -0.4 is 5.32 Å². The summed E-state index contributed by atoms with van der Waals surface area (Å²) in [6.45, 7) is 1.77. The average Bonchev–Trinajstić information content (AvgIpc) is 2.69. The van der Waals surface area contributed by atoms with Crippen molar-refractivity contribution in [2.45, 2.75) is 11.8 Å². The summed E-state index contributed by atoms with van der Waals surface area (Å²) < 4.78 is 26.8. The van der Waals surface area contributed by atoms with E-state index in [4.69, 9.17) is 5.26 Å². The van der Waals surface area contributed by atoms with Crippen molar-refractivity contribution in [3.63, 3.8) is 0 Å². The van der Waals surface area contributed by atoms with Crippen LogP contribution in [-0.4, -0.2) is 19.0 Å². The second-order valence-corrected chi connectivity index (χ2v) is 6.79. The highest BCUT2D eigenvalue weighted by molar-refractivity contribution is 7.90. The fraction of sp³-hybridized carbons (Fsp3) is 0.167. The molecule has 0 saturated heterocycles. The minimum Gasteiger partial charge on any atom is -0.345 e. The van der Waals surface area contributed by atoms with Gasteiger partial charge >= 0.3 is 0 Å². The van der Waals surface area contributed by atoms with Crippen LogP contribution in [0.5, 0.6) is 0 Å². The Hall–Kier alpha value is -1.91. The maximum Gasteiger partial charge on any atom is 0.175 e. The molecule has 5 nitrogen and oxygen atoms in total. The summed E-state index contributed by atoms with van der Waals surface area (Å²) in [7, 11) is -3.19. The van der Waals surface area contributed by atoms with Gasteiger partial charge in [-0.15, -0.1) is 0 Å². The summed E-state index contributed by atoms with van der Waals surface area (Å²) in [5, 5.41) is 12.7. The van der Waals surface area contributed by atoms with Gasteiger partial charge in [0.2, 0.25) is 0 Å². The van der Waals surface area contributed by atoms with Crippen LogP contribution in [0.15, 0.2) is 29.2 Å². The van der Waals surface area contributed by atoms with Crippen LogP contribution in [0, 0.1) is 18.3 Å². The first-order valence-electron chi connectivity index (χ1n) is 5.35. The molecule has 1 N–H and O–H groups in total. The van der Waals surface area contributed by atoms with E-state index < -0.39 is 9.84 Å². The number of hydrogen-bond acceptors (Lipinski definition) is 6. The van der Waals surface area contributed by atoms with Gasteiger partial charge in [-0.1, -0.05) is 0 Å². The number of aryl methyl sites for hydroxylation is 1. The number of rotatable bonds is 3. The summed E-state index contributed by atoms with van der Waals surface area (Å²) in [5.41, 5.74) is 1.91. The van der Waals surface area contributed by atoms with E-state index in [9.17, 15) is 8.42 Å². The molecule has 0 bridgehead atoms. The standard InChI is InChI=1S/C12H11N3O2S2/c1-8-11(7-13)12(18-15-8)14-9-3-5-10(6-4-9)19(2,16)17/h3-6,14H,1-2H3. The summed E-state index contributed by atoms with van der Waals surface area (Å²) >= 11 is 1.20. The predicted octanol–water partition coefficient (Wildman–Crippen LogP) is 2.47. The van der Waals surface area contributed by atoms with Crippen LogP contribution in [0.1, 0.15) is 11.3 Å². The van der Waals surface area contributed by atoms with Crippen LogP contribution in [0.2, 0.25) is 0 Å². The molecule has 0 radical (unpaired) electrons.